The van der Waals surface area contributed by atoms with E-state index in [9.17, 15) is 4.79 Å². The fourth-order valence-corrected chi connectivity index (χ4v) is 6.38. The highest BCUT2D eigenvalue weighted by Crippen LogP contribution is 2.39. The van der Waals surface area contributed by atoms with E-state index in [0.717, 1.165) is 38.6 Å². The molecule has 3 aromatic heterocycles. The number of fused-ring (bicyclic) bond motifs is 1. The van der Waals surface area contributed by atoms with E-state index >= 15 is 4.39 Å². The summed E-state index contributed by atoms with van der Waals surface area (Å²) in [6.07, 6.45) is 3.52. The van der Waals surface area contributed by atoms with E-state index in [1.165, 1.54) is 17.4 Å². The second-order valence-electron chi connectivity index (χ2n) is 10.2. The standard InChI is InChI=1S/C33H30FN5O3S2/c1-41-16-13-35-20-23-7-9-26(37-21-23)30-19-27-32(44-30)29(11-12-36-27)42-28-10-8-22(17-25(28)34)18-31(40)39-15-14-38(33(39)43)24-5-3-2-4-6-24/h2-12,17,19,21,35H,13-16,18,20H2,1H3. The molecule has 224 valence electrons. The maximum absolute atomic E-state index is 15.2. The van der Waals surface area contributed by atoms with Crippen molar-refractivity contribution in [1.29, 1.82) is 0 Å². The lowest BCUT2D eigenvalue weighted by Crippen LogP contribution is -2.37. The number of anilines is 1. The molecule has 0 saturated carbocycles. The molecule has 0 spiro atoms. The van der Waals surface area contributed by atoms with Crippen molar-refractivity contribution in [2.75, 3.05) is 38.3 Å². The molecule has 6 rings (SSSR count). The average molecular weight is 628 g/mol. The van der Waals surface area contributed by atoms with Gasteiger partial charge in [0.2, 0.25) is 5.91 Å². The van der Waals surface area contributed by atoms with E-state index in [-0.39, 0.29) is 18.1 Å². The van der Waals surface area contributed by atoms with Gasteiger partial charge in [-0.1, -0.05) is 30.3 Å². The lowest BCUT2D eigenvalue weighted by atomic mass is 10.1. The van der Waals surface area contributed by atoms with Crippen LogP contribution in [0.25, 0.3) is 20.8 Å². The minimum absolute atomic E-state index is 0.0305. The van der Waals surface area contributed by atoms with Gasteiger partial charge in [-0.2, -0.15) is 0 Å². The Morgan fingerprint density at radius 3 is 2.64 bits per heavy atom. The van der Waals surface area contributed by atoms with Crippen molar-refractivity contribution in [2.24, 2.45) is 0 Å². The van der Waals surface area contributed by atoms with Gasteiger partial charge in [0.25, 0.3) is 0 Å². The molecule has 44 heavy (non-hydrogen) atoms. The number of methoxy groups -OCH3 is 1. The first-order valence-electron chi connectivity index (χ1n) is 14.2. The third kappa shape index (κ3) is 6.61. The van der Waals surface area contributed by atoms with E-state index < -0.39 is 5.82 Å². The van der Waals surface area contributed by atoms with Crippen LogP contribution in [0.15, 0.2) is 85.2 Å². The summed E-state index contributed by atoms with van der Waals surface area (Å²) in [4.78, 5) is 26.6. The Balaban J connectivity index is 1.12. The lowest BCUT2D eigenvalue weighted by Gasteiger charge is -2.20. The Hall–Kier alpha value is -4.29. The van der Waals surface area contributed by atoms with Crippen LogP contribution in [0.3, 0.4) is 0 Å². The van der Waals surface area contributed by atoms with Crippen molar-refractivity contribution in [1.82, 2.24) is 20.2 Å². The van der Waals surface area contributed by atoms with Gasteiger partial charge in [0.05, 0.1) is 33.8 Å². The van der Waals surface area contributed by atoms with Crippen molar-refractivity contribution in [3.8, 4) is 22.1 Å². The van der Waals surface area contributed by atoms with Crippen LogP contribution < -0.4 is 15.0 Å². The van der Waals surface area contributed by atoms with Gasteiger partial charge >= 0.3 is 0 Å². The van der Waals surface area contributed by atoms with Gasteiger partial charge in [-0.15, -0.1) is 11.3 Å². The Morgan fingerprint density at radius 1 is 1.02 bits per heavy atom. The molecule has 0 aliphatic carbocycles. The second kappa shape index (κ2) is 13.6. The van der Waals surface area contributed by atoms with Crippen LogP contribution in [0.2, 0.25) is 0 Å². The number of aromatic nitrogens is 2. The van der Waals surface area contributed by atoms with Crippen LogP contribution in [0, 0.1) is 5.82 Å². The maximum Gasteiger partial charge on any atom is 0.233 e. The summed E-state index contributed by atoms with van der Waals surface area (Å²) in [6.45, 7) is 3.24. The van der Waals surface area contributed by atoms with Gasteiger partial charge in [-0.25, -0.2) is 4.39 Å². The molecule has 0 unspecified atom stereocenters. The Bertz CT molecular complexity index is 1780. The van der Waals surface area contributed by atoms with Crippen LogP contribution in [-0.2, 0) is 22.5 Å². The van der Waals surface area contributed by atoms with Gasteiger partial charge < -0.3 is 19.7 Å². The Kier molecular flexibility index (Phi) is 9.17. The molecule has 1 aliphatic rings. The quantitative estimate of drug-likeness (QED) is 0.137. The first kappa shape index (κ1) is 29.8. The number of carbonyl (C=O) groups excluding carboxylic acids is 1. The molecule has 1 N–H and O–H groups in total. The number of ether oxygens (including phenoxy) is 2. The average Bonchev–Trinajstić information content (AvgIpc) is 3.66. The summed E-state index contributed by atoms with van der Waals surface area (Å²) >= 11 is 7.06. The third-order valence-electron chi connectivity index (χ3n) is 7.21. The van der Waals surface area contributed by atoms with Crippen molar-refractivity contribution in [3.05, 3.63) is 102 Å². The number of halogens is 1. The minimum Gasteiger partial charge on any atom is -0.453 e. The summed E-state index contributed by atoms with van der Waals surface area (Å²) in [7, 11) is 1.68. The number of nitrogens with zero attached hydrogens (tertiary/aromatic N) is 4. The zero-order chi connectivity index (χ0) is 30.5. The van der Waals surface area contributed by atoms with Gasteiger partial charge in [0, 0.05) is 57.4 Å². The number of benzene rings is 2. The fraction of sp³-hybridized carbons (Fsp3) is 0.212. The van der Waals surface area contributed by atoms with E-state index in [4.69, 9.17) is 21.7 Å². The monoisotopic (exact) mass is 627 g/mol. The number of hydrogen-bond donors (Lipinski definition) is 1. The molecule has 2 aromatic carbocycles. The molecule has 4 heterocycles. The molecule has 1 fully saturated rings. The van der Waals surface area contributed by atoms with Crippen LogP contribution in [0.5, 0.6) is 11.5 Å². The number of para-hydroxylation sites is 1. The molecule has 0 bridgehead atoms. The van der Waals surface area contributed by atoms with E-state index in [2.05, 4.69) is 15.3 Å². The predicted molar refractivity (Wildman–Crippen MR) is 175 cm³/mol. The topological polar surface area (TPSA) is 79.8 Å². The molecule has 8 nitrogen and oxygen atoms in total. The number of pyridine rings is 2. The van der Waals surface area contributed by atoms with E-state index in [1.54, 1.807) is 36.4 Å². The minimum atomic E-state index is -0.552. The zero-order valence-corrected chi connectivity index (χ0v) is 25.7. The van der Waals surface area contributed by atoms with Crippen LogP contribution in [-0.4, -0.2) is 59.2 Å². The summed E-state index contributed by atoms with van der Waals surface area (Å²) < 4.78 is 27.1. The summed E-state index contributed by atoms with van der Waals surface area (Å²) in [5.74, 6) is -0.161. The summed E-state index contributed by atoms with van der Waals surface area (Å²) in [6, 6.07) is 22.0. The van der Waals surface area contributed by atoms with Crippen molar-refractivity contribution < 1.29 is 18.7 Å². The van der Waals surface area contributed by atoms with Crippen molar-refractivity contribution >= 4 is 50.5 Å². The molecule has 11 heteroatoms. The highest BCUT2D eigenvalue weighted by Gasteiger charge is 2.30. The number of amides is 1. The van der Waals surface area contributed by atoms with Crippen LogP contribution >= 0.6 is 23.6 Å². The SMILES string of the molecule is COCCNCc1ccc(-c2cc3nccc(Oc4ccc(CC(=O)N5CCN(c6ccccc6)C5=S)cc4F)c3s2)nc1. The number of thiocarbonyl (C=S) groups is 1. The number of rotatable bonds is 11. The largest absolute Gasteiger partial charge is 0.453 e. The van der Waals surface area contributed by atoms with Gasteiger partial charge in [-0.05, 0) is 59.7 Å². The molecule has 5 aromatic rings. The Morgan fingerprint density at radius 2 is 1.86 bits per heavy atom. The van der Waals surface area contributed by atoms with E-state index in [1.807, 2.05) is 59.6 Å². The van der Waals surface area contributed by atoms with Crippen LogP contribution in [0.1, 0.15) is 11.1 Å². The summed E-state index contributed by atoms with van der Waals surface area (Å²) in [5.41, 5.74) is 4.13. The van der Waals surface area contributed by atoms with Crippen molar-refractivity contribution in [2.45, 2.75) is 13.0 Å². The van der Waals surface area contributed by atoms with Crippen molar-refractivity contribution in [3.63, 3.8) is 0 Å². The molecule has 1 saturated heterocycles. The molecule has 1 amide bonds. The third-order valence-corrected chi connectivity index (χ3v) is 8.82. The smallest absolute Gasteiger partial charge is 0.233 e. The predicted octanol–water partition coefficient (Wildman–Crippen LogP) is 6.20. The molecule has 1 aliphatic heterocycles. The zero-order valence-electron chi connectivity index (χ0n) is 24.0. The lowest BCUT2D eigenvalue weighted by molar-refractivity contribution is -0.126. The first-order chi connectivity index (χ1) is 21.5. The highest BCUT2D eigenvalue weighted by molar-refractivity contribution is 7.80. The number of carbonyl (C=O) groups is 1. The number of hydrogen-bond acceptors (Lipinski definition) is 8. The van der Waals surface area contributed by atoms with Gasteiger partial charge in [-0.3, -0.25) is 19.7 Å². The fourth-order valence-electron chi connectivity index (χ4n) is 4.94. The molecule has 0 atom stereocenters. The Labute approximate surface area is 264 Å². The highest BCUT2D eigenvalue weighted by atomic mass is 32.1. The number of thiophene rings is 1. The normalized spacial score (nSPS) is 13.2. The molecular formula is C33H30FN5O3S2. The van der Waals surface area contributed by atoms with Gasteiger partial charge in [0.1, 0.15) is 5.75 Å². The van der Waals surface area contributed by atoms with Gasteiger partial charge in [0.15, 0.2) is 16.7 Å². The van der Waals surface area contributed by atoms with Crippen LogP contribution in [0.4, 0.5) is 10.1 Å². The maximum atomic E-state index is 15.2. The number of nitrogens with one attached hydrogen (secondary N) is 1. The van der Waals surface area contributed by atoms with E-state index in [0.29, 0.717) is 42.7 Å². The first-order valence-corrected chi connectivity index (χ1v) is 15.4. The summed E-state index contributed by atoms with van der Waals surface area (Å²) in [5, 5.41) is 3.77. The molecule has 0 radical (unpaired) electrons. The molecular weight excluding hydrogens is 598 g/mol. The second-order valence-corrected chi connectivity index (χ2v) is 11.6.